The fourth-order valence-corrected chi connectivity index (χ4v) is 4.46. The number of thioether (sulfide) groups is 1. The SMILES string of the molecule is Cc1ccc(-n2c(SCC(=O)Nc3ccc4c(c3)OCCO4)nnc2-c2cccc(C)c2)cc1. The van der Waals surface area contributed by atoms with Gasteiger partial charge >= 0.3 is 0 Å². The Hall–Kier alpha value is -3.78. The molecule has 4 aromatic rings. The van der Waals surface area contributed by atoms with Crippen LogP contribution < -0.4 is 14.8 Å². The van der Waals surface area contributed by atoms with Crippen LogP contribution in [0.4, 0.5) is 5.69 Å². The largest absolute Gasteiger partial charge is 0.486 e. The van der Waals surface area contributed by atoms with Crippen molar-refractivity contribution in [2.24, 2.45) is 0 Å². The zero-order valence-electron chi connectivity index (χ0n) is 18.9. The van der Waals surface area contributed by atoms with Crippen molar-refractivity contribution in [2.45, 2.75) is 19.0 Å². The zero-order chi connectivity index (χ0) is 23.5. The van der Waals surface area contributed by atoms with E-state index < -0.39 is 0 Å². The average molecular weight is 473 g/mol. The molecule has 0 aliphatic carbocycles. The van der Waals surface area contributed by atoms with Gasteiger partial charge in [0.2, 0.25) is 5.91 Å². The quantitative estimate of drug-likeness (QED) is 0.396. The summed E-state index contributed by atoms with van der Waals surface area (Å²) in [5, 5.41) is 12.5. The van der Waals surface area contributed by atoms with Gasteiger partial charge < -0.3 is 14.8 Å². The minimum atomic E-state index is -0.141. The van der Waals surface area contributed by atoms with E-state index in [1.807, 2.05) is 41.8 Å². The van der Waals surface area contributed by atoms with Gasteiger partial charge in [-0.25, -0.2) is 0 Å². The summed E-state index contributed by atoms with van der Waals surface area (Å²) in [7, 11) is 0. The number of aryl methyl sites for hydroxylation is 2. The van der Waals surface area contributed by atoms with Gasteiger partial charge in [0.05, 0.1) is 5.75 Å². The number of benzene rings is 3. The van der Waals surface area contributed by atoms with Gasteiger partial charge in [-0.1, -0.05) is 53.2 Å². The number of rotatable bonds is 6. The zero-order valence-corrected chi connectivity index (χ0v) is 19.8. The summed E-state index contributed by atoms with van der Waals surface area (Å²) in [6.45, 7) is 5.13. The second-order valence-electron chi connectivity index (χ2n) is 8.04. The summed E-state index contributed by atoms with van der Waals surface area (Å²) < 4.78 is 13.1. The summed E-state index contributed by atoms with van der Waals surface area (Å²) in [5.74, 6) is 2.11. The molecule has 0 saturated carbocycles. The molecule has 2 heterocycles. The average Bonchev–Trinajstić information content (AvgIpc) is 3.27. The highest BCUT2D eigenvalue weighted by atomic mass is 32.2. The summed E-state index contributed by atoms with van der Waals surface area (Å²) >= 11 is 1.34. The van der Waals surface area contributed by atoms with Crippen molar-refractivity contribution in [3.63, 3.8) is 0 Å². The summed E-state index contributed by atoms with van der Waals surface area (Å²) in [6.07, 6.45) is 0. The van der Waals surface area contributed by atoms with E-state index in [4.69, 9.17) is 9.47 Å². The van der Waals surface area contributed by atoms with Gasteiger partial charge in [0.25, 0.3) is 0 Å². The van der Waals surface area contributed by atoms with Crippen LogP contribution in [-0.4, -0.2) is 39.6 Å². The lowest BCUT2D eigenvalue weighted by Crippen LogP contribution is -2.17. The molecule has 0 radical (unpaired) electrons. The molecule has 1 aliphatic rings. The van der Waals surface area contributed by atoms with E-state index in [9.17, 15) is 4.79 Å². The Morgan fingerprint density at radius 1 is 0.941 bits per heavy atom. The van der Waals surface area contributed by atoms with E-state index in [1.165, 1.54) is 17.3 Å². The van der Waals surface area contributed by atoms with E-state index in [0.29, 0.717) is 35.6 Å². The van der Waals surface area contributed by atoms with Crippen molar-refractivity contribution in [2.75, 3.05) is 24.3 Å². The fourth-order valence-electron chi connectivity index (χ4n) is 3.71. The number of carbonyl (C=O) groups is 1. The normalized spacial score (nSPS) is 12.4. The molecule has 172 valence electrons. The molecular formula is C26H24N4O3S. The van der Waals surface area contributed by atoms with Crippen molar-refractivity contribution in [3.05, 3.63) is 77.9 Å². The second-order valence-corrected chi connectivity index (χ2v) is 8.98. The van der Waals surface area contributed by atoms with Crippen molar-refractivity contribution in [1.82, 2.24) is 14.8 Å². The van der Waals surface area contributed by atoms with Crippen LogP contribution in [0.5, 0.6) is 11.5 Å². The van der Waals surface area contributed by atoms with Crippen LogP contribution in [0.1, 0.15) is 11.1 Å². The molecule has 34 heavy (non-hydrogen) atoms. The summed E-state index contributed by atoms with van der Waals surface area (Å²) in [6, 6.07) is 21.7. The first-order chi connectivity index (χ1) is 16.6. The molecule has 0 saturated heterocycles. The van der Waals surface area contributed by atoms with Crippen molar-refractivity contribution < 1.29 is 14.3 Å². The van der Waals surface area contributed by atoms with E-state index in [1.54, 1.807) is 18.2 Å². The summed E-state index contributed by atoms with van der Waals surface area (Å²) in [4.78, 5) is 12.7. The Morgan fingerprint density at radius 3 is 2.53 bits per heavy atom. The van der Waals surface area contributed by atoms with Crippen LogP contribution in [-0.2, 0) is 4.79 Å². The predicted molar refractivity (Wildman–Crippen MR) is 133 cm³/mol. The number of anilines is 1. The monoisotopic (exact) mass is 472 g/mol. The molecule has 1 amide bonds. The molecule has 5 rings (SSSR count). The Labute approximate surface area is 202 Å². The van der Waals surface area contributed by atoms with E-state index in [-0.39, 0.29) is 11.7 Å². The minimum absolute atomic E-state index is 0.141. The lowest BCUT2D eigenvalue weighted by atomic mass is 10.1. The minimum Gasteiger partial charge on any atom is -0.486 e. The Morgan fingerprint density at radius 2 is 1.74 bits per heavy atom. The molecule has 0 atom stereocenters. The molecule has 7 nitrogen and oxygen atoms in total. The molecule has 8 heteroatoms. The van der Waals surface area contributed by atoms with Gasteiger partial charge in [-0.2, -0.15) is 0 Å². The number of nitrogens with one attached hydrogen (secondary N) is 1. The van der Waals surface area contributed by atoms with E-state index >= 15 is 0 Å². The maximum absolute atomic E-state index is 12.7. The highest BCUT2D eigenvalue weighted by molar-refractivity contribution is 7.99. The van der Waals surface area contributed by atoms with Gasteiger partial charge in [0.15, 0.2) is 22.5 Å². The van der Waals surface area contributed by atoms with E-state index in [0.717, 1.165) is 22.6 Å². The number of hydrogen-bond acceptors (Lipinski definition) is 6. The first-order valence-corrected chi connectivity index (χ1v) is 12.0. The first kappa shape index (κ1) is 22.0. The van der Waals surface area contributed by atoms with Gasteiger partial charge in [-0.3, -0.25) is 9.36 Å². The predicted octanol–water partition coefficient (Wildman–Crippen LogP) is 5.05. The van der Waals surface area contributed by atoms with Gasteiger partial charge in [0, 0.05) is 23.0 Å². The lowest BCUT2D eigenvalue weighted by molar-refractivity contribution is -0.113. The number of ether oxygens (including phenoxy) is 2. The summed E-state index contributed by atoms with van der Waals surface area (Å²) in [5.41, 5.74) is 4.89. The Kier molecular flexibility index (Phi) is 6.22. The van der Waals surface area contributed by atoms with Gasteiger partial charge in [-0.05, 0) is 44.2 Å². The molecule has 1 N–H and O–H groups in total. The number of nitrogens with zero attached hydrogens (tertiary/aromatic N) is 3. The van der Waals surface area contributed by atoms with Crippen LogP contribution in [0.3, 0.4) is 0 Å². The molecule has 1 aromatic heterocycles. The third kappa shape index (κ3) is 4.77. The highest BCUT2D eigenvalue weighted by Gasteiger charge is 2.18. The van der Waals surface area contributed by atoms with Crippen LogP contribution >= 0.6 is 11.8 Å². The molecule has 1 aliphatic heterocycles. The van der Waals surface area contributed by atoms with Gasteiger partial charge in [0.1, 0.15) is 13.2 Å². The number of amides is 1. The molecule has 0 spiro atoms. The fraction of sp³-hybridized carbons (Fsp3) is 0.192. The number of fused-ring (bicyclic) bond motifs is 1. The number of aromatic nitrogens is 3. The second kappa shape index (κ2) is 9.61. The van der Waals surface area contributed by atoms with Crippen molar-refractivity contribution in [3.8, 4) is 28.6 Å². The molecular weight excluding hydrogens is 448 g/mol. The maximum atomic E-state index is 12.7. The van der Waals surface area contributed by atoms with Crippen molar-refractivity contribution in [1.29, 1.82) is 0 Å². The van der Waals surface area contributed by atoms with Gasteiger partial charge in [-0.15, -0.1) is 10.2 Å². The smallest absolute Gasteiger partial charge is 0.234 e. The van der Waals surface area contributed by atoms with Crippen LogP contribution in [0.25, 0.3) is 17.1 Å². The Balaban J connectivity index is 1.37. The van der Waals surface area contributed by atoms with Crippen LogP contribution in [0.15, 0.2) is 71.9 Å². The highest BCUT2D eigenvalue weighted by Crippen LogP contribution is 2.33. The molecule has 0 bridgehead atoms. The maximum Gasteiger partial charge on any atom is 0.234 e. The third-order valence-electron chi connectivity index (χ3n) is 5.36. The van der Waals surface area contributed by atoms with Crippen LogP contribution in [0.2, 0.25) is 0 Å². The number of hydrogen-bond donors (Lipinski definition) is 1. The van der Waals surface area contributed by atoms with Crippen LogP contribution in [0, 0.1) is 13.8 Å². The van der Waals surface area contributed by atoms with Crippen molar-refractivity contribution >= 4 is 23.4 Å². The third-order valence-corrected chi connectivity index (χ3v) is 6.29. The molecule has 0 unspecified atom stereocenters. The topological polar surface area (TPSA) is 78.3 Å². The standard InChI is InChI=1S/C26H24N4O3S/c1-17-6-9-21(10-7-17)30-25(19-5-3-4-18(2)14-19)28-29-26(30)34-16-24(31)27-20-8-11-22-23(15-20)33-13-12-32-22/h3-11,14-15H,12-13,16H2,1-2H3,(H,27,31). The number of carbonyl (C=O) groups excluding carboxylic acids is 1. The Bertz CT molecular complexity index is 1330. The lowest BCUT2D eigenvalue weighted by Gasteiger charge is -2.19. The molecule has 3 aromatic carbocycles. The first-order valence-electron chi connectivity index (χ1n) is 11.0. The molecule has 0 fully saturated rings. The van der Waals surface area contributed by atoms with E-state index in [2.05, 4.69) is 40.6 Å².